The van der Waals surface area contributed by atoms with Crippen molar-refractivity contribution in [2.45, 2.75) is 32.7 Å². The van der Waals surface area contributed by atoms with E-state index in [1.807, 2.05) is 7.05 Å². The lowest BCUT2D eigenvalue weighted by Crippen LogP contribution is -2.25. The normalized spacial score (nSPS) is 10.4. The van der Waals surface area contributed by atoms with Gasteiger partial charge < -0.3 is 10.6 Å². The third-order valence-corrected chi connectivity index (χ3v) is 3.63. The van der Waals surface area contributed by atoms with Crippen LogP contribution in [0.3, 0.4) is 0 Å². The maximum atomic E-state index is 11.7. The van der Waals surface area contributed by atoms with Crippen LogP contribution in [-0.4, -0.2) is 24.4 Å². The van der Waals surface area contributed by atoms with Crippen LogP contribution in [0.4, 0.5) is 0 Å². The Hall–Kier alpha value is -0.870. The van der Waals surface area contributed by atoms with Crippen molar-refractivity contribution < 1.29 is 4.79 Å². The Morgan fingerprint density at radius 1 is 1.50 bits per heavy atom. The molecule has 1 heterocycles. The average Bonchev–Trinajstić information content (AvgIpc) is 2.64. The van der Waals surface area contributed by atoms with E-state index in [4.69, 9.17) is 5.73 Å². The fraction of sp³-hybridized carbons (Fsp3) is 0.583. The van der Waals surface area contributed by atoms with Gasteiger partial charge in [-0.3, -0.25) is 4.79 Å². The van der Waals surface area contributed by atoms with Gasteiger partial charge in [-0.1, -0.05) is 0 Å². The summed E-state index contributed by atoms with van der Waals surface area (Å²) < 4.78 is 0. The van der Waals surface area contributed by atoms with Crippen molar-refractivity contribution in [2.75, 3.05) is 13.6 Å². The Bertz CT molecular complexity index is 336. The maximum Gasteiger partial charge on any atom is 0.222 e. The Morgan fingerprint density at radius 3 is 2.81 bits per heavy atom. The summed E-state index contributed by atoms with van der Waals surface area (Å²) >= 11 is 1.71. The molecule has 0 radical (unpaired) electrons. The van der Waals surface area contributed by atoms with E-state index in [0.29, 0.717) is 13.0 Å². The van der Waals surface area contributed by atoms with Gasteiger partial charge in [0.1, 0.15) is 0 Å². The van der Waals surface area contributed by atoms with Crippen molar-refractivity contribution in [2.24, 2.45) is 5.73 Å². The number of nitrogens with two attached hydrogens (primary N) is 1. The monoisotopic (exact) mass is 240 g/mol. The molecule has 16 heavy (non-hydrogen) atoms. The molecule has 0 aliphatic rings. The van der Waals surface area contributed by atoms with Gasteiger partial charge in [0.05, 0.1) is 6.54 Å². The van der Waals surface area contributed by atoms with Crippen LogP contribution in [-0.2, 0) is 11.3 Å². The molecular formula is C12H20N2OS. The molecule has 0 fully saturated rings. The molecule has 1 rings (SSSR count). The molecule has 1 aromatic heterocycles. The summed E-state index contributed by atoms with van der Waals surface area (Å²) in [6.07, 6.45) is 2.43. The van der Waals surface area contributed by atoms with Gasteiger partial charge in [0.15, 0.2) is 0 Å². The number of hydrogen-bond acceptors (Lipinski definition) is 3. The summed E-state index contributed by atoms with van der Waals surface area (Å²) in [5, 5.41) is 2.07. The van der Waals surface area contributed by atoms with Crippen LogP contribution in [0.5, 0.6) is 0 Å². The molecule has 4 heteroatoms. The van der Waals surface area contributed by atoms with Gasteiger partial charge >= 0.3 is 0 Å². The van der Waals surface area contributed by atoms with Crippen molar-refractivity contribution in [1.29, 1.82) is 0 Å². The Labute approximate surface area is 101 Å². The van der Waals surface area contributed by atoms with Gasteiger partial charge in [-0.2, -0.15) is 0 Å². The van der Waals surface area contributed by atoms with Crippen LogP contribution in [0.1, 0.15) is 29.7 Å². The summed E-state index contributed by atoms with van der Waals surface area (Å²) in [7, 11) is 1.87. The highest BCUT2D eigenvalue weighted by atomic mass is 32.1. The summed E-state index contributed by atoms with van der Waals surface area (Å²) in [6, 6.07) is 2.09. The maximum absolute atomic E-state index is 11.7. The molecular weight excluding hydrogens is 220 g/mol. The fourth-order valence-corrected chi connectivity index (χ4v) is 2.44. The van der Waals surface area contributed by atoms with Gasteiger partial charge in [-0.05, 0) is 43.3 Å². The number of nitrogens with zero attached hydrogens (tertiary/aromatic N) is 1. The van der Waals surface area contributed by atoms with E-state index >= 15 is 0 Å². The predicted molar refractivity (Wildman–Crippen MR) is 68.4 cm³/mol. The highest BCUT2D eigenvalue weighted by molar-refractivity contribution is 7.10. The second-order valence-electron chi connectivity index (χ2n) is 4.02. The van der Waals surface area contributed by atoms with Crippen LogP contribution >= 0.6 is 11.3 Å². The van der Waals surface area contributed by atoms with E-state index in [-0.39, 0.29) is 5.91 Å². The van der Waals surface area contributed by atoms with Crippen LogP contribution in [0.15, 0.2) is 11.4 Å². The van der Waals surface area contributed by atoms with Gasteiger partial charge in [0.2, 0.25) is 5.91 Å². The highest BCUT2D eigenvalue weighted by Gasteiger charge is 2.10. The zero-order valence-electron chi connectivity index (χ0n) is 10.0. The Balaban J connectivity index is 2.37. The molecule has 0 saturated heterocycles. The smallest absolute Gasteiger partial charge is 0.222 e. The quantitative estimate of drug-likeness (QED) is 0.774. The van der Waals surface area contributed by atoms with Crippen molar-refractivity contribution in [1.82, 2.24) is 4.90 Å². The molecule has 1 amide bonds. The minimum absolute atomic E-state index is 0.209. The zero-order valence-corrected chi connectivity index (χ0v) is 10.8. The van der Waals surface area contributed by atoms with Crippen LogP contribution in [0.25, 0.3) is 0 Å². The molecule has 3 nitrogen and oxygen atoms in total. The van der Waals surface area contributed by atoms with E-state index in [0.717, 1.165) is 19.4 Å². The van der Waals surface area contributed by atoms with Crippen molar-refractivity contribution in [3.63, 3.8) is 0 Å². The molecule has 0 aliphatic carbocycles. The minimum atomic E-state index is 0.209. The van der Waals surface area contributed by atoms with E-state index in [9.17, 15) is 4.79 Å². The standard InChI is InChI=1S/C12H20N2OS/c1-10-6-8-16-11(10)9-14(2)12(15)5-3-4-7-13/h6,8H,3-5,7,9,13H2,1-2H3. The number of thiophene rings is 1. The first kappa shape index (κ1) is 13.2. The lowest BCUT2D eigenvalue weighted by atomic mass is 10.2. The van der Waals surface area contributed by atoms with Gasteiger partial charge in [0.25, 0.3) is 0 Å². The van der Waals surface area contributed by atoms with Gasteiger partial charge in [0, 0.05) is 18.3 Å². The number of carbonyl (C=O) groups is 1. The minimum Gasteiger partial charge on any atom is -0.341 e. The second kappa shape index (κ2) is 6.66. The molecule has 1 aromatic rings. The zero-order chi connectivity index (χ0) is 12.0. The van der Waals surface area contributed by atoms with Crippen molar-refractivity contribution >= 4 is 17.2 Å². The number of carbonyl (C=O) groups excluding carboxylic acids is 1. The molecule has 0 saturated carbocycles. The summed E-state index contributed by atoms with van der Waals surface area (Å²) in [6.45, 7) is 3.48. The van der Waals surface area contributed by atoms with Gasteiger partial charge in [-0.25, -0.2) is 0 Å². The van der Waals surface area contributed by atoms with E-state index < -0.39 is 0 Å². The highest BCUT2D eigenvalue weighted by Crippen LogP contribution is 2.17. The Kier molecular flexibility index (Phi) is 5.49. The van der Waals surface area contributed by atoms with Crippen LogP contribution < -0.4 is 5.73 Å². The summed E-state index contributed by atoms with van der Waals surface area (Å²) in [5.74, 6) is 0.209. The van der Waals surface area contributed by atoms with Crippen LogP contribution in [0, 0.1) is 6.92 Å². The van der Waals surface area contributed by atoms with Crippen LogP contribution in [0.2, 0.25) is 0 Å². The van der Waals surface area contributed by atoms with E-state index in [1.165, 1.54) is 10.4 Å². The Morgan fingerprint density at radius 2 is 2.25 bits per heavy atom. The van der Waals surface area contributed by atoms with E-state index in [2.05, 4.69) is 18.4 Å². The second-order valence-corrected chi connectivity index (χ2v) is 5.02. The third-order valence-electron chi connectivity index (χ3n) is 2.62. The molecule has 0 unspecified atom stereocenters. The fourth-order valence-electron chi connectivity index (χ4n) is 1.48. The third kappa shape index (κ3) is 3.94. The topological polar surface area (TPSA) is 46.3 Å². The first-order valence-corrected chi connectivity index (χ1v) is 6.50. The lowest BCUT2D eigenvalue weighted by molar-refractivity contribution is -0.130. The molecule has 0 spiro atoms. The largest absolute Gasteiger partial charge is 0.341 e. The number of hydrogen-bond donors (Lipinski definition) is 1. The number of amides is 1. The average molecular weight is 240 g/mol. The van der Waals surface area contributed by atoms with E-state index in [1.54, 1.807) is 16.2 Å². The summed E-state index contributed by atoms with van der Waals surface area (Å²) in [5.41, 5.74) is 6.67. The SMILES string of the molecule is Cc1ccsc1CN(C)C(=O)CCCCN. The predicted octanol–water partition coefficient (Wildman–Crippen LogP) is 2.14. The van der Waals surface area contributed by atoms with Crippen molar-refractivity contribution in [3.05, 3.63) is 21.9 Å². The number of rotatable bonds is 6. The molecule has 2 N–H and O–H groups in total. The number of aryl methyl sites for hydroxylation is 1. The molecule has 90 valence electrons. The van der Waals surface area contributed by atoms with Gasteiger partial charge in [-0.15, -0.1) is 11.3 Å². The molecule has 0 atom stereocenters. The lowest BCUT2D eigenvalue weighted by Gasteiger charge is -2.16. The first-order valence-electron chi connectivity index (χ1n) is 5.62. The number of unbranched alkanes of at least 4 members (excludes halogenated alkanes) is 1. The first-order chi connectivity index (χ1) is 7.65. The molecule has 0 aromatic carbocycles. The van der Waals surface area contributed by atoms with Crippen molar-refractivity contribution in [3.8, 4) is 0 Å². The molecule has 0 bridgehead atoms. The summed E-state index contributed by atoms with van der Waals surface area (Å²) in [4.78, 5) is 14.8. The molecule has 0 aliphatic heterocycles.